The van der Waals surface area contributed by atoms with Crippen molar-refractivity contribution >= 4 is 23.7 Å². The molecule has 1 atom stereocenters. The number of hydrogen-bond donors (Lipinski definition) is 1. The molecule has 7 heteroatoms. The number of imide groups is 1. The summed E-state index contributed by atoms with van der Waals surface area (Å²) in [4.78, 5) is 48.5. The van der Waals surface area contributed by atoms with E-state index in [9.17, 15) is 19.2 Å². The van der Waals surface area contributed by atoms with Gasteiger partial charge in [-0.3, -0.25) is 24.1 Å². The van der Waals surface area contributed by atoms with Crippen molar-refractivity contribution in [3.63, 3.8) is 0 Å². The number of benzene rings is 1. The van der Waals surface area contributed by atoms with Gasteiger partial charge in [0.2, 0.25) is 0 Å². The summed E-state index contributed by atoms with van der Waals surface area (Å²) < 4.78 is 4.97. The van der Waals surface area contributed by atoms with Gasteiger partial charge in [0, 0.05) is 13.1 Å². The Labute approximate surface area is 133 Å². The number of nitrogens with one attached hydrogen (secondary N) is 1. The fourth-order valence-electron chi connectivity index (χ4n) is 2.27. The highest BCUT2D eigenvalue weighted by Crippen LogP contribution is 2.22. The molecular weight excluding hydrogens is 300 g/mol. The number of esters is 1. The van der Waals surface area contributed by atoms with Gasteiger partial charge >= 0.3 is 5.97 Å². The average Bonchev–Trinajstić information content (AvgIpc) is 2.77. The molecule has 3 amide bonds. The zero-order valence-electron chi connectivity index (χ0n) is 13.0. The Kier molecular flexibility index (Phi) is 5.10. The summed E-state index contributed by atoms with van der Waals surface area (Å²) >= 11 is 0. The van der Waals surface area contributed by atoms with Crippen LogP contribution in [0.5, 0.6) is 0 Å². The minimum absolute atomic E-state index is 0.0761. The van der Waals surface area contributed by atoms with Crippen LogP contribution in [0.2, 0.25) is 0 Å². The van der Waals surface area contributed by atoms with Gasteiger partial charge in [0.05, 0.1) is 17.5 Å². The molecule has 23 heavy (non-hydrogen) atoms. The van der Waals surface area contributed by atoms with Gasteiger partial charge in [0.15, 0.2) is 6.10 Å². The summed E-state index contributed by atoms with van der Waals surface area (Å²) in [5, 5.41) is 2.54. The van der Waals surface area contributed by atoms with E-state index >= 15 is 0 Å². The number of amides is 3. The zero-order valence-corrected chi connectivity index (χ0v) is 13.0. The molecule has 0 bridgehead atoms. The van der Waals surface area contributed by atoms with Crippen molar-refractivity contribution < 1.29 is 23.9 Å². The van der Waals surface area contributed by atoms with Gasteiger partial charge < -0.3 is 10.1 Å². The van der Waals surface area contributed by atoms with Gasteiger partial charge in [-0.05, 0) is 26.0 Å². The Morgan fingerprint density at radius 3 is 2.26 bits per heavy atom. The normalized spacial score (nSPS) is 14.4. The second-order valence-electron chi connectivity index (χ2n) is 5.08. The van der Waals surface area contributed by atoms with Crippen LogP contribution in [0.3, 0.4) is 0 Å². The average molecular weight is 318 g/mol. The third kappa shape index (κ3) is 3.56. The molecule has 0 aliphatic carbocycles. The number of rotatable bonds is 6. The highest BCUT2D eigenvalue weighted by atomic mass is 16.5. The van der Waals surface area contributed by atoms with Gasteiger partial charge in [0.1, 0.15) is 0 Å². The molecule has 0 saturated carbocycles. The summed E-state index contributed by atoms with van der Waals surface area (Å²) in [7, 11) is 0. The van der Waals surface area contributed by atoms with Gasteiger partial charge in [-0.1, -0.05) is 12.1 Å². The number of ether oxygens (including phenoxy) is 1. The lowest BCUT2D eigenvalue weighted by atomic mass is 10.1. The molecule has 0 spiro atoms. The summed E-state index contributed by atoms with van der Waals surface area (Å²) in [6.45, 7) is 3.59. The number of hydrogen-bond acceptors (Lipinski definition) is 5. The maximum atomic E-state index is 12.1. The third-order valence-corrected chi connectivity index (χ3v) is 3.45. The number of carbonyl (C=O) groups is 4. The largest absolute Gasteiger partial charge is 0.452 e. The van der Waals surface area contributed by atoms with E-state index in [0.29, 0.717) is 17.7 Å². The van der Waals surface area contributed by atoms with E-state index in [1.165, 1.54) is 6.92 Å². The molecule has 0 radical (unpaired) electrons. The second-order valence-corrected chi connectivity index (χ2v) is 5.08. The van der Waals surface area contributed by atoms with E-state index in [1.54, 1.807) is 31.2 Å². The Bertz CT molecular complexity index is 621. The quantitative estimate of drug-likeness (QED) is 0.617. The lowest BCUT2D eigenvalue weighted by molar-refractivity contribution is -0.154. The third-order valence-electron chi connectivity index (χ3n) is 3.45. The molecule has 0 fully saturated rings. The molecule has 1 N–H and O–H groups in total. The predicted octanol–water partition coefficient (Wildman–Crippen LogP) is 0.740. The highest BCUT2D eigenvalue weighted by molar-refractivity contribution is 6.21. The van der Waals surface area contributed by atoms with E-state index in [-0.39, 0.29) is 18.9 Å². The fraction of sp³-hybridized carbons (Fsp3) is 0.375. The molecule has 0 aromatic heterocycles. The summed E-state index contributed by atoms with van der Waals surface area (Å²) in [6, 6.07) is 6.50. The number of nitrogens with zero attached hydrogens (tertiary/aromatic N) is 1. The number of likely N-dealkylation sites (N-methyl/N-ethyl adjacent to an activating group) is 1. The highest BCUT2D eigenvalue weighted by Gasteiger charge is 2.35. The first-order chi connectivity index (χ1) is 11.0. The number of carbonyl (C=O) groups excluding carboxylic acids is 4. The monoisotopic (exact) mass is 318 g/mol. The van der Waals surface area contributed by atoms with E-state index in [2.05, 4.69) is 5.32 Å². The van der Waals surface area contributed by atoms with Crippen LogP contribution in [0.15, 0.2) is 24.3 Å². The maximum Gasteiger partial charge on any atom is 0.308 e. The molecule has 2 rings (SSSR count). The molecule has 1 aromatic carbocycles. The molecule has 1 aliphatic rings. The van der Waals surface area contributed by atoms with Crippen LogP contribution < -0.4 is 5.32 Å². The van der Waals surface area contributed by atoms with Crippen molar-refractivity contribution in [1.82, 2.24) is 10.2 Å². The first kappa shape index (κ1) is 16.7. The Morgan fingerprint density at radius 1 is 1.17 bits per heavy atom. The maximum absolute atomic E-state index is 12.1. The topological polar surface area (TPSA) is 92.8 Å². The van der Waals surface area contributed by atoms with Crippen LogP contribution in [0.4, 0.5) is 0 Å². The van der Waals surface area contributed by atoms with Crippen molar-refractivity contribution in [3.8, 4) is 0 Å². The van der Waals surface area contributed by atoms with E-state index in [1.807, 2.05) is 0 Å². The van der Waals surface area contributed by atoms with Crippen LogP contribution in [0.25, 0.3) is 0 Å². The van der Waals surface area contributed by atoms with Gasteiger partial charge in [-0.15, -0.1) is 0 Å². The van der Waals surface area contributed by atoms with Gasteiger partial charge in [-0.25, -0.2) is 0 Å². The molecule has 0 saturated heterocycles. The molecule has 1 aliphatic heterocycles. The van der Waals surface area contributed by atoms with E-state index < -0.39 is 23.9 Å². The van der Waals surface area contributed by atoms with Crippen molar-refractivity contribution in [1.29, 1.82) is 0 Å². The minimum atomic E-state index is -0.912. The van der Waals surface area contributed by atoms with Crippen LogP contribution in [0.1, 0.15) is 41.0 Å². The smallest absolute Gasteiger partial charge is 0.308 e. The second kappa shape index (κ2) is 7.04. The Morgan fingerprint density at radius 2 is 1.74 bits per heavy atom. The standard InChI is InChI=1S/C16H18N2O5/c1-3-17-14(20)10(2)23-13(19)8-9-18-15(21)11-6-4-5-7-12(11)16(18)22/h4-7,10H,3,8-9H2,1-2H3,(H,17,20)/t10-/m1/s1. The Balaban J connectivity index is 1.90. The first-order valence-electron chi connectivity index (χ1n) is 7.38. The lowest BCUT2D eigenvalue weighted by Gasteiger charge is -2.15. The van der Waals surface area contributed by atoms with Crippen molar-refractivity contribution in [2.45, 2.75) is 26.4 Å². The Hall–Kier alpha value is -2.70. The lowest BCUT2D eigenvalue weighted by Crippen LogP contribution is -2.37. The van der Waals surface area contributed by atoms with Crippen LogP contribution >= 0.6 is 0 Å². The summed E-state index contributed by atoms with van der Waals surface area (Å²) in [5.74, 6) is -1.87. The fourth-order valence-corrected chi connectivity index (χ4v) is 2.27. The van der Waals surface area contributed by atoms with Gasteiger partial charge in [0.25, 0.3) is 17.7 Å². The first-order valence-corrected chi connectivity index (χ1v) is 7.38. The molecule has 1 aromatic rings. The number of fused-ring (bicyclic) bond motifs is 1. The molecular formula is C16H18N2O5. The SMILES string of the molecule is CCNC(=O)[C@@H](C)OC(=O)CCN1C(=O)c2ccccc2C1=O. The summed E-state index contributed by atoms with van der Waals surface area (Å²) in [5.41, 5.74) is 0.670. The predicted molar refractivity (Wildman–Crippen MR) is 80.7 cm³/mol. The van der Waals surface area contributed by atoms with Crippen molar-refractivity contribution in [2.24, 2.45) is 0 Å². The van der Waals surface area contributed by atoms with Crippen molar-refractivity contribution in [2.75, 3.05) is 13.1 Å². The molecule has 1 heterocycles. The van der Waals surface area contributed by atoms with Crippen molar-refractivity contribution in [3.05, 3.63) is 35.4 Å². The molecule has 0 unspecified atom stereocenters. The van der Waals surface area contributed by atoms with Crippen LogP contribution in [0, 0.1) is 0 Å². The minimum Gasteiger partial charge on any atom is -0.452 e. The van der Waals surface area contributed by atoms with Crippen LogP contribution in [-0.4, -0.2) is 47.8 Å². The molecule has 122 valence electrons. The van der Waals surface area contributed by atoms with E-state index in [0.717, 1.165) is 4.90 Å². The van der Waals surface area contributed by atoms with Gasteiger partial charge in [-0.2, -0.15) is 0 Å². The zero-order chi connectivity index (χ0) is 17.0. The van der Waals surface area contributed by atoms with Crippen LogP contribution in [-0.2, 0) is 14.3 Å². The van der Waals surface area contributed by atoms with E-state index in [4.69, 9.17) is 4.74 Å². The summed E-state index contributed by atoms with van der Waals surface area (Å²) in [6.07, 6.45) is -1.07. The molecule has 7 nitrogen and oxygen atoms in total.